The molecule has 1 unspecified atom stereocenters. The highest BCUT2D eigenvalue weighted by atomic mass is 32.1. The third kappa shape index (κ3) is 5.62. The summed E-state index contributed by atoms with van der Waals surface area (Å²) in [4.78, 5) is 39.2. The zero-order valence-corrected chi connectivity index (χ0v) is 19.2. The predicted molar refractivity (Wildman–Crippen MR) is 131 cm³/mol. The average Bonchev–Trinajstić information content (AvgIpc) is 3.33. The number of benzene rings is 2. The van der Waals surface area contributed by atoms with Crippen molar-refractivity contribution in [1.82, 2.24) is 0 Å². The molecule has 0 saturated carbocycles. The minimum Gasteiger partial charge on any atom is -0.397 e. The number of amides is 2. The fourth-order valence-corrected chi connectivity index (χ4v) is 3.87. The molecule has 3 N–H and O–H groups in total. The van der Waals surface area contributed by atoms with Crippen LogP contribution in [-0.2, 0) is 9.59 Å². The summed E-state index contributed by atoms with van der Waals surface area (Å²) in [6, 6.07) is 16.4. The first kappa shape index (κ1) is 23.2. The molecule has 0 bridgehead atoms. The smallest absolute Gasteiger partial charge is 0.255 e. The van der Waals surface area contributed by atoms with Gasteiger partial charge in [0.25, 0.3) is 5.91 Å². The highest BCUT2D eigenvalue weighted by molar-refractivity contribution is 7.13. The van der Waals surface area contributed by atoms with Crippen molar-refractivity contribution in [3.63, 3.8) is 0 Å². The van der Waals surface area contributed by atoms with Crippen LogP contribution >= 0.6 is 11.3 Å². The monoisotopic (exact) mass is 449 g/mol. The molecule has 1 aromatic heterocycles. The summed E-state index contributed by atoms with van der Waals surface area (Å²) < 4.78 is 0. The van der Waals surface area contributed by atoms with Gasteiger partial charge < -0.3 is 16.0 Å². The Morgan fingerprint density at radius 3 is 2.44 bits per heavy atom. The summed E-state index contributed by atoms with van der Waals surface area (Å²) in [6.07, 6.45) is 0.810. The van der Waals surface area contributed by atoms with E-state index >= 15 is 0 Å². The molecule has 32 heavy (non-hydrogen) atoms. The van der Waals surface area contributed by atoms with Gasteiger partial charge in [0, 0.05) is 35.5 Å². The van der Waals surface area contributed by atoms with Crippen molar-refractivity contribution in [3.8, 4) is 10.4 Å². The van der Waals surface area contributed by atoms with Crippen LogP contribution in [0.2, 0.25) is 0 Å². The Balaban J connectivity index is 1.66. The number of ketones is 1. The lowest BCUT2D eigenvalue weighted by molar-refractivity contribution is -0.121. The molecule has 2 amide bonds. The first-order valence-corrected chi connectivity index (χ1v) is 11.3. The maximum atomic E-state index is 12.7. The zero-order valence-electron chi connectivity index (χ0n) is 18.4. The third-order valence-electron chi connectivity index (χ3n) is 5.48. The summed E-state index contributed by atoms with van der Waals surface area (Å²) in [5.41, 5.74) is 9.22. The third-order valence-corrected chi connectivity index (χ3v) is 6.40. The number of carbonyl (C=O) groups excluding carboxylic acids is 3. The number of carbonyl (C=O) groups is 3. The molecule has 0 aliphatic heterocycles. The standard InChI is InChI=1S/C25H27N3O3S/c1-16(17(2)29)6-13-24(30)28(3)20-10-7-18(8-11-20)25(31)27-22-15-19(9-12-21(22)26)23-5-4-14-32-23/h4-5,7-12,14-16H,6,13,26H2,1-3H3,(H,27,31). The van der Waals surface area contributed by atoms with Crippen LogP contribution in [0.1, 0.15) is 37.0 Å². The van der Waals surface area contributed by atoms with E-state index in [0.717, 1.165) is 10.4 Å². The molecule has 0 aliphatic carbocycles. The van der Waals surface area contributed by atoms with Crippen molar-refractivity contribution in [1.29, 1.82) is 0 Å². The van der Waals surface area contributed by atoms with Gasteiger partial charge in [0.05, 0.1) is 11.4 Å². The number of anilines is 3. The fourth-order valence-electron chi connectivity index (χ4n) is 3.15. The van der Waals surface area contributed by atoms with E-state index in [1.807, 2.05) is 36.6 Å². The van der Waals surface area contributed by atoms with E-state index in [0.29, 0.717) is 35.5 Å². The summed E-state index contributed by atoms with van der Waals surface area (Å²) in [6.45, 7) is 3.36. The van der Waals surface area contributed by atoms with Crippen LogP contribution in [0.15, 0.2) is 60.0 Å². The number of hydrogen-bond acceptors (Lipinski definition) is 5. The molecular formula is C25H27N3O3S. The van der Waals surface area contributed by atoms with E-state index in [9.17, 15) is 14.4 Å². The Morgan fingerprint density at radius 1 is 1.09 bits per heavy atom. The molecule has 3 rings (SSSR count). The minimum absolute atomic E-state index is 0.0755. The van der Waals surface area contributed by atoms with E-state index in [4.69, 9.17) is 5.73 Å². The van der Waals surface area contributed by atoms with Gasteiger partial charge in [-0.05, 0) is 66.8 Å². The summed E-state index contributed by atoms with van der Waals surface area (Å²) in [5.74, 6) is -0.411. The quantitative estimate of drug-likeness (QED) is 0.461. The first-order valence-electron chi connectivity index (χ1n) is 10.4. The topological polar surface area (TPSA) is 92.5 Å². The van der Waals surface area contributed by atoms with Crippen LogP contribution in [-0.4, -0.2) is 24.6 Å². The van der Waals surface area contributed by atoms with E-state index in [1.165, 1.54) is 11.8 Å². The van der Waals surface area contributed by atoms with E-state index in [-0.39, 0.29) is 23.5 Å². The largest absolute Gasteiger partial charge is 0.397 e. The van der Waals surface area contributed by atoms with E-state index < -0.39 is 0 Å². The maximum Gasteiger partial charge on any atom is 0.255 e. The lowest BCUT2D eigenvalue weighted by atomic mass is 10.0. The molecule has 0 fully saturated rings. The maximum absolute atomic E-state index is 12.7. The van der Waals surface area contributed by atoms with Gasteiger partial charge in [0.1, 0.15) is 5.78 Å². The van der Waals surface area contributed by atoms with Gasteiger partial charge in [-0.3, -0.25) is 14.4 Å². The minimum atomic E-state index is -0.282. The summed E-state index contributed by atoms with van der Waals surface area (Å²) in [7, 11) is 1.69. The number of thiophene rings is 1. The van der Waals surface area contributed by atoms with Crippen molar-refractivity contribution >= 4 is 46.0 Å². The predicted octanol–water partition coefficient (Wildman–Crippen LogP) is 5.22. The van der Waals surface area contributed by atoms with Crippen molar-refractivity contribution in [3.05, 3.63) is 65.5 Å². The van der Waals surface area contributed by atoms with Crippen LogP contribution in [0.3, 0.4) is 0 Å². The molecule has 3 aromatic rings. The molecule has 7 heteroatoms. The number of hydrogen-bond donors (Lipinski definition) is 2. The second-order valence-corrected chi connectivity index (χ2v) is 8.73. The Morgan fingerprint density at radius 2 is 1.81 bits per heavy atom. The lowest BCUT2D eigenvalue weighted by Crippen LogP contribution is -2.27. The molecule has 2 aromatic carbocycles. The van der Waals surface area contributed by atoms with Crippen molar-refractivity contribution in [2.75, 3.05) is 23.0 Å². The first-order chi connectivity index (χ1) is 15.3. The Kier molecular flexibility index (Phi) is 7.43. The summed E-state index contributed by atoms with van der Waals surface area (Å²) >= 11 is 1.62. The molecule has 6 nitrogen and oxygen atoms in total. The highest BCUT2D eigenvalue weighted by Gasteiger charge is 2.16. The number of nitrogen functional groups attached to an aromatic ring is 1. The molecular weight excluding hydrogens is 422 g/mol. The van der Waals surface area contributed by atoms with Gasteiger partial charge in [0.15, 0.2) is 0 Å². The van der Waals surface area contributed by atoms with Crippen LogP contribution < -0.4 is 16.0 Å². The Labute approximate surface area is 192 Å². The normalized spacial score (nSPS) is 11.6. The van der Waals surface area contributed by atoms with Gasteiger partial charge in [-0.15, -0.1) is 11.3 Å². The molecule has 0 spiro atoms. The number of nitrogens with two attached hydrogens (primary N) is 1. The van der Waals surface area contributed by atoms with Gasteiger partial charge in [-0.25, -0.2) is 0 Å². The fraction of sp³-hybridized carbons (Fsp3) is 0.240. The van der Waals surface area contributed by atoms with Gasteiger partial charge in [-0.2, -0.15) is 0 Å². The van der Waals surface area contributed by atoms with E-state index in [1.54, 1.807) is 48.7 Å². The molecule has 0 aliphatic rings. The zero-order chi connectivity index (χ0) is 23.3. The number of nitrogens with one attached hydrogen (secondary N) is 1. The van der Waals surface area contributed by atoms with Gasteiger partial charge in [0.2, 0.25) is 5.91 Å². The Hall–Kier alpha value is -3.45. The molecule has 1 atom stereocenters. The van der Waals surface area contributed by atoms with Crippen LogP contribution in [0, 0.1) is 5.92 Å². The second-order valence-electron chi connectivity index (χ2n) is 7.78. The molecule has 0 saturated heterocycles. The molecule has 0 radical (unpaired) electrons. The van der Waals surface area contributed by atoms with E-state index in [2.05, 4.69) is 5.32 Å². The second kappa shape index (κ2) is 10.2. The number of Topliss-reactive ketones (excluding diaryl/α,β-unsaturated/α-hetero) is 1. The van der Waals surface area contributed by atoms with Crippen molar-refractivity contribution < 1.29 is 14.4 Å². The van der Waals surface area contributed by atoms with Gasteiger partial charge >= 0.3 is 0 Å². The highest BCUT2D eigenvalue weighted by Crippen LogP contribution is 2.30. The van der Waals surface area contributed by atoms with Crippen LogP contribution in [0.4, 0.5) is 17.1 Å². The van der Waals surface area contributed by atoms with Crippen molar-refractivity contribution in [2.45, 2.75) is 26.7 Å². The molecule has 166 valence electrons. The van der Waals surface area contributed by atoms with Crippen LogP contribution in [0.25, 0.3) is 10.4 Å². The summed E-state index contributed by atoms with van der Waals surface area (Å²) in [5, 5.41) is 4.87. The van der Waals surface area contributed by atoms with Crippen molar-refractivity contribution in [2.24, 2.45) is 5.92 Å². The average molecular weight is 450 g/mol. The molecule has 1 heterocycles. The SMILES string of the molecule is CC(=O)C(C)CCC(=O)N(C)c1ccc(C(=O)Nc2cc(-c3cccs3)ccc2N)cc1. The number of rotatable bonds is 8. The lowest BCUT2D eigenvalue weighted by Gasteiger charge is -2.18. The van der Waals surface area contributed by atoms with Crippen LogP contribution in [0.5, 0.6) is 0 Å². The number of nitrogens with zero attached hydrogens (tertiary/aromatic N) is 1. The Bertz CT molecular complexity index is 1110. The van der Waals surface area contributed by atoms with Gasteiger partial charge in [-0.1, -0.05) is 19.1 Å².